The number of carbonyl (C=O) groups excluding carboxylic acids is 1. The van der Waals surface area contributed by atoms with Gasteiger partial charge in [0.2, 0.25) is 0 Å². The highest BCUT2D eigenvalue weighted by molar-refractivity contribution is 5.72. The summed E-state index contributed by atoms with van der Waals surface area (Å²) in [4.78, 5) is 12.8. The molecule has 1 aromatic rings. The summed E-state index contributed by atoms with van der Waals surface area (Å²) in [5.41, 5.74) is -4.51. The van der Waals surface area contributed by atoms with Crippen LogP contribution in [0.25, 0.3) is 0 Å². The molecule has 2 nitrogen and oxygen atoms in total. The zero-order chi connectivity index (χ0) is 12.5. The topological polar surface area (TPSA) is 30.0 Å². The average molecular weight is 243 g/mol. The molecule has 1 aromatic heterocycles. The molecular formula is C8H3F6NO. The van der Waals surface area contributed by atoms with Crippen LogP contribution in [0, 0.1) is 5.82 Å². The van der Waals surface area contributed by atoms with Crippen molar-refractivity contribution in [2.45, 2.75) is 12.6 Å². The van der Waals surface area contributed by atoms with E-state index in [1.807, 2.05) is 0 Å². The van der Waals surface area contributed by atoms with Gasteiger partial charge in [-0.2, -0.15) is 13.2 Å². The fraction of sp³-hybridized carbons (Fsp3) is 0.250. The van der Waals surface area contributed by atoms with Crippen LogP contribution < -0.4 is 0 Å². The molecule has 1 rings (SSSR count). The van der Waals surface area contributed by atoms with Crippen LogP contribution in [0.4, 0.5) is 26.3 Å². The molecule has 0 unspecified atom stereocenters. The van der Waals surface area contributed by atoms with Gasteiger partial charge in [-0.05, 0) is 6.07 Å². The normalized spacial score (nSPS) is 11.9. The standard InChI is InChI=1S/C8H3F6NO/c9-6-3(7(10)11)1-5(8(12,13)14)15-4(6)2-16/h1-2,7H. The minimum atomic E-state index is -5.02. The van der Waals surface area contributed by atoms with Crippen molar-refractivity contribution < 1.29 is 31.1 Å². The van der Waals surface area contributed by atoms with Crippen molar-refractivity contribution >= 4 is 6.29 Å². The third kappa shape index (κ3) is 2.31. The summed E-state index contributed by atoms with van der Waals surface area (Å²) >= 11 is 0. The molecule has 1 heterocycles. The number of aromatic nitrogens is 1. The Morgan fingerprint density at radius 3 is 2.25 bits per heavy atom. The molecule has 0 aromatic carbocycles. The van der Waals surface area contributed by atoms with E-state index in [-0.39, 0.29) is 12.4 Å². The van der Waals surface area contributed by atoms with E-state index in [1.165, 1.54) is 0 Å². The molecule has 0 radical (unpaired) electrons. The molecule has 0 aliphatic heterocycles. The van der Waals surface area contributed by atoms with Gasteiger partial charge in [-0.25, -0.2) is 18.2 Å². The van der Waals surface area contributed by atoms with E-state index in [0.717, 1.165) is 0 Å². The Bertz CT molecular complexity index is 414. The first kappa shape index (κ1) is 12.5. The molecule has 0 N–H and O–H groups in total. The molecular weight excluding hydrogens is 240 g/mol. The van der Waals surface area contributed by atoms with Crippen molar-refractivity contribution in [2.24, 2.45) is 0 Å². The Morgan fingerprint density at radius 2 is 1.88 bits per heavy atom. The van der Waals surface area contributed by atoms with Gasteiger partial charge in [-0.3, -0.25) is 4.79 Å². The summed E-state index contributed by atoms with van der Waals surface area (Å²) in [5.74, 6) is -1.74. The Balaban J connectivity index is 3.46. The number of rotatable bonds is 2. The Hall–Kier alpha value is -1.60. The first-order valence-corrected chi connectivity index (χ1v) is 3.78. The molecule has 0 spiro atoms. The first-order valence-electron chi connectivity index (χ1n) is 3.78. The number of aldehydes is 1. The minimum absolute atomic E-state index is 0.118. The largest absolute Gasteiger partial charge is 0.433 e. The zero-order valence-electron chi connectivity index (χ0n) is 7.36. The van der Waals surface area contributed by atoms with E-state index in [2.05, 4.69) is 4.98 Å². The monoisotopic (exact) mass is 243 g/mol. The van der Waals surface area contributed by atoms with E-state index >= 15 is 0 Å². The van der Waals surface area contributed by atoms with E-state index in [1.54, 1.807) is 0 Å². The van der Waals surface area contributed by atoms with Crippen molar-refractivity contribution in [3.05, 3.63) is 28.8 Å². The van der Waals surface area contributed by atoms with Crippen LogP contribution in [0.2, 0.25) is 0 Å². The number of halogens is 6. The lowest BCUT2D eigenvalue weighted by Gasteiger charge is -2.09. The minimum Gasteiger partial charge on any atom is -0.296 e. The van der Waals surface area contributed by atoms with Crippen LogP contribution in [0.1, 0.15) is 28.2 Å². The summed E-state index contributed by atoms with van der Waals surface area (Å²) in [6, 6.07) is -0.118. The lowest BCUT2D eigenvalue weighted by molar-refractivity contribution is -0.141. The Labute approximate surface area is 84.9 Å². The van der Waals surface area contributed by atoms with Crippen molar-refractivity contribution in [2.75, 3.05) is 0 Å². The quantitative estimate of drug-likeness (QED) is 0.590. The Kier molecular flexibility index (Phi) is 3.20. The number of hydrogen-bond donors (Lipinski definition) is 0. The van der Waals surface area contributed by atoms with Gasteiger partial charge in [-0.1, -0.05) is 0 Å². The fourth-order valence-corrected chi connectivity index (χ4v) is 0.952. The van der Waals surface area contributed by atoms with Gasteiger partial charge in [0.1, 0.15) is 11.4 Å². The summed E-state index contributed by atoms with van der Waals surface area (Å²) in [7, 11) is 0. The average Bonchev–Trinajstić information content (AvgIpc) is 2.15. The molecule has 0 bridgehead atoms. The third-order valence-corrected chi connectivity index (χ3v) is 1.65. The maximum Gasteiger partial charge on any atom is 0.433 e. The molecule has 0 atom stereocenters. The highest BCUT2D eigenvalue weighted by Gasteiger charge is 2.35. The van der Waals surface area contributed by atoms with Crippen LogP contribution in [-0.4, -0.2) is 11.3 Å². The predicted molar refractivity (Wildman–Crippen MR) is 39.5 cm³/mol. The lowest BCUT2D eigenvalue weighted by atomic mass is 10.2. The van der Waals surface area contributed by atoms with Crippen molar-refractivity contribution in [3.63, 3.8) is 0 Å². The summed E-state index contributed by atoms with van der Waals surface area (Å²) < 4.78 is 73.7. The van der Waals surface area contributed by atoms with Crippen LogP contribution in [0.15, 0.2) is 6.07 Å². The van der Waals surface area contributed by atoms with Gasteiger partial charge in [-0.15, -0.1) is 0 Å². The number of hydrogen-bond acceptors (Lipinski definition) is 2. The lowest BCUT2D eigenvalue weighted by Crippen LogP contribution is -2.13. The summed E-state index contributed by atoms with van der Waals surface area (Å²) in [5, 5.41) is 0. The molecule has 0 saturated heterocycles. The highest BCUT2D eigenvalue weighted by atomic mass is 19.4. The fourth-order valence-electron chi connectivity index (χ4n) is 0.952. The van der Waals surface area contributed by atoms with Gasteiger partial charge < -0.3 is 0 Å². The second-order valence-electron chi connectivity index (χ2n) is 2.71. The van der Waals surface area contributed by atoms with Gasteiger partial charge in [0.05, 0.1) is 5.56 Å². The number of carbonyl (C=O) groups is 1. The van der Waals surface area contributed by atoms with Crippen LogP contribution in [-0.2, 0) is 6.18 Å². The number of alkyl halides is 5. The molecule has 8 heteroatoms. The molecule has 0 fully saturated rings. The molecule has 88 valence electrons. The molecule has 0 saturated carbocycles. The Morgan fingerprint density at radius 1 is 1.31 bits per heavy atom. The second kappa shape index (κ2) is 4.11. The maximum atomic E-state index is 13.0. The predicted octanol–water partition coefficient (Wildman–Crippen LogP) is 2.99. The van der Waals surface area contributed by atoms with Gasteiger partial charge in [0.15, 0.2) is 12.1 Å². The van der Waals surface area contributed by atoms with Crippen molar-refractivity contribution in [1.82, 2.24) is 4.98 Å². The number of pyridine rings is 1. The first-order chi connectivity index (χ1) is 7.27. The number of nitrogens with zero attached hydrogens (tertiary/aromatic N) is 1. The highest BCUT2D eigenvalue weighted by Crippen LogP contribution is 2.32. The molecule has 0 aliphatic carbocycles. The van der Waals surface area contributed by atoms with Gasteiger partial charge in [0, 0.05) is 0 Å². The maximum absolute atomic E-state index is 13.0. The zero-order valence-corrected chi connectivity index (χ0v) is 7.36. The van der Waals surface area contributed by atoms with Gasteiger partial charge in [0.25, 0.3) is 6.43 Å². The smallest absolute Gasteiger partial charge is 0.296 e. The summed E-state index contributed by atoms with van der Waals surface area (Å²) in [6.45, 7) is 0. The summed E-state index contributed by atoms with van der Waals surface area (Å²) in [6.07, 6.45) is -8.83. The van der Waals surface area contributed by atoms with E-state index in [0.29, 0.717) is 0 Å². The van der Waals surface area contributed by atoms with E-state index in [4.69, 9.17) is 0 Å². The van der Waals surface area contributed by atoms with E-state index < -0.39 is 35.4 Å². The van der Waals surface area contributed by atoms with Crippen LogP contribution in [0.5, 0.6) is 0 Å². The molecule has 0 amide bonds. The van der Waals surface area contributed by atoms with Crippen LogP contribution >= 0.6 is 0 Å². The van der Waals surface area contributed by atoms with Gasteiger partial charge >= 0.3 is 6.18 Å². The molecule has 16 heavy (non-hydrogen) atoms. The van der Waals surface area contributed by atoms with Crippen LogP contribution in [0.3, 0.4) is 0 Å². The van der Waals surface area contributed by atoms with Crippen molar-refractivity contribution in [1.29, 1.82) is 0 Å². The second-order valence-corrected chi connectivity index (χ2v) is 2.71. The van der Waals surface area contributed by atoms with Crippen molar-refractivity contribution in [3.8, 4) is 0 Å². The van der Waals surface area contributed by atoms with E-state index in [9.17, 15) is 31.1 Å². The third-order valence-electron chi connectivity index (χ3n) is 1.65. The SMILES string of the molecule is O=Cc1nc(C(F)(F)F)cc(C(F)F)c1F. The molecule has 0 aliphatic rings.